The third-order valence-corrected chi connectivity index (χ3v) is 7.01. The maximum absolute atomic E-state index is 12.0. The van der Waals surface area contributed by atoms with Gasteiger partial charge in [0.2, 0.25) is 0 Å². The van der Waals surface area contributed by atoms with Crippen LogP contribution in [0.15, 0.2) is 53.4 Å². The highest BCUT2D eigenvalue weighted by molar-refractivity contribution is 7.90. The smallest absolute Gasteiger partial charge is 0.410 e. The van der Waals surface area contributed by atoms with E-state index in [1.165, 1.54) is 6.26 Å². The van der Waals surface area contributed by atoms with Gasteiger partial charge in [-0.15, -0.1) is 0 Å². The molecule has 30 heavy (non-hydrogen) atoms. The number of carbonyl (C=O) groups is 1. The molecule has 2 atom stereocenters. The molecule has 0 radical (unpaired) electrons. The van der Waals surface area contributed by atoms with Crippen LogP contribution in [0, 0.1) is 17.8 Å². The van der Waals surface area contributed by atoms with Gasteiger partial charge in [0.1, 0.15) is 5.75 Å². The number of benzene rings is 2. The van der Waals surface area contributed by atoms with E-state index in [2.05, 4.69) is 0 Å². The first kappa shape index (κ1) is 20.7. The van der Waals surface area contributed by atoms with E-state index in [0.29, 0.717) is 29.3 Å². The quantitative estimate of drug-likeness (QED) is 0.697. The summed E-state index contributed by atoms with van der Waals surface area (Å²) in [5.41, 5.74) is 1.96. The van der Waals surface area contributed by atoms with E-state index >= 15 is 0 Å². The third kappa shape index (κ3) is 4.46. The number of hydrogen-bond acceptors (Lipinski definition) is 5. The summed E-state index contributed by atoms with van der Waals surface area (Å²) in [7, 11) is -3.19. The minimum atomic E-state index is -3.19. The minimum Gasteiger partial charge on any atom is -0.493 e. The Bertz CT molecular complexity index is 1000. The van der Waals surface area contributed by atoms with Gasteiger partial charge in [0, 0.05) is 25.3 Å². The summed E-state index contributed by atoms with van der Waals surface area (Å²) in [5, 5.41) is 0. The van der Waals surface area contributed by atoms with Crippen LogP contribution in [-0.2, 0) is 14.6 Å². The number of piperidine rings is 1. The lowest BCUT2D eigenvalue weighted by Gasteiger charge is -2.21. The molecule has 0 spiro atoms. The van der Waals surface area contributed by atoms with Gasteiger partial charge in [0.25, 0.3) is 0 Å². The lowest BCUT2D eigenvalue weighted by Crippen LogP contribution is -2.34. The molecule has 6 nitrogen and oxygen atoms in total. The largest absolute Gasteiger partial charge is 0.493 e. The van der Waals surface area contributed by atoms with Crippen molar-refractivity contribution < 1.29 is 22.7 Å². The zero-order chi connectivity index (χ0) is 21.5. The molecule has 2 aliphatic rings. The lowest BCUT2D eigenvalue weighted by atomic mass is 10.1. The van der Waals surface area contributed by atoms with Crippen molar-refractivity contribution in [3.63, 3.8) is 0 Å². The Morgan fingerprint density at radius 2 is 1.53 bits per heavy atom. The average Bonchev–Trinajstić information content (AvgIpc) is 3.14. The van der Waals surface area contributed by atoms with Crippen LogP contribution in [0.2, 0.25) is 0 Å². The Labute approximate surface area is 177 Å². The van der Waals surface area contributed by atoms with Crippen molar-refractivity contribution in [2.45, 2.75) is 24.8 Å². The van der Waals surface area contributed by atoms with Crippen molar-refractivity contribution in [3.05, 3.63) is 48.5 Å². The molecule has 2 aromatic rings. The van der Waals surface area contributed by atoms with Crippen molar-refractivity contribution in [1.29, 1.82) is 0 Å². The number of fused-ring (bicyclic) bond motifs is 1. The summed E-state index contributed by atoms with van der Waals surface area (Å²) in [6.07, 6.45) is 0.906. The molecule has 160 valence electrons. The average molecular weight is 430 g/mol. The molecule has 0 bridgehead atoms. The van der Waals surface area contributed by atoms with Gasteiger partial charge in [0.05, 0.1) is 17.6 Å². The summed E-state index contributed by atoms with van der Waals surface area (Å²) in [6.45, 7) is 5.90. The zero-order valence-electron chi connectivity index (χ0n) is 17.4. The van der Waals surface area contributed by atoms with E-state index in [9.17, 15) is 13.2 Å². The van der Waals surface area contributed by atoms with Crippen molar-refractivity contribution in [3.8, 4) is 16.9 Å². The van der Waals surface area contributed by atoms with Gasteiger partial charge < -0.3 is 14.4 Å². The fraction of sp³-hybridized carbons (Fsp3) is 0.435. The second-order valence-corrected chi connectivity index (χ2v) is 10.5. The van der Waals surface area contributed by atoms with E-state index in [1.807, 2.05) is 50.2 Å². The molecular formula is C23H27NO5S. The standard InChI is InChI=1S/C23H27NO5S/c1-15(2)29-23(25)24-12-20-21(13-24)22(20)14-28-18-8-4-16(5-9-18)17-6-10-19(11-7-17)30(3,26)27/h4-11,15,20-22H,12-14H2,1-3H3. The van der Waals surface area contributed by atoms with Gasteiger partial charge in [-0.05, 0) is 61.1 Å². The Morgan fingerprint density at radius 1 is 1.00 bits per heavy atom. The second kappa shape index (κ2) is 7.95. The van der Waals surface area contributed by atoms with Crippen LogP contribution < -0.4 is 4.74 Å². The second-order valence-electron chi connectivity index (χ2n) is 8.46. The maximum atomic E-state index is 12.0. The molecule has 1 heterocycles. The Hall–Kier alpha value is -2.54. The van der Waals surface area contributed by atoms with Gasteiger partial charge in [0.15, 0.2) is 9.84 Å². The Balaban J connectivity index is 1.27. The number of hydrogen-bond donors (Lipinski definition) is 0. The van der Waals surface area contributed by atoms with E-state index in [1.54, 1.807) is 17.0 Å². The molecular weight excluding hydrogens is 402 g/mol. The number of sulfone groups is 1. The summed E-state index contributed by atoms with van der Waals surface area (Å²) < 4.78 is 34.4. The van der Waals surface area contributed by atoms with Crippen molar-refractivity contribution in [2.24, 2.45) is 17.8 Å². The molecule has 2 unspecified atom stereocenters. The maximum Gasteiger partial charge on any atom is 0.410 e. The number of carbonyl (C=O) groups excluding carboxylic acids is 1. The molecule has 0 aromatic heterocycles. The normalized spacial score (nSPS) is 22.7. The van der Waals surface area contributed by atoms with Crippen LogP contribution in [0.1, 0.15) is 13.8 Å². The first-order chi connectivity index (χ1) is 14.2. The van der Waals surface area contributed by atoms with Crippen molar-refractivity contribution in [1.82, 2.24) is 4.90 Å². The topological polar surface area (TPSA) is 72.9 Å². The van der Waals surface area contributed by atoms with Crippen LogP contribution in [0.25, 0.3) is 11.1 Å². The van der Waals surface area contributed by atoms with Gasteiger partial charge in [-0.3, -0.25) is 0 Å². The fourth-order valence-electron chi connectivity index (χ4n) is 4.15. The molecule has 7 heteroatoms. The van der Waals surface area contributed by atoms with Crippen molar-refractivity contribution in [2.75, 3.05) is 26.0 Å². The molecule has 4 rings (SSSR count). The number of amides is 1. The summed E-state index contributed by atoms with van der Waals surface area (Å²) in [6, 6.07) is 14.7. The first-order valence-corrected chi connectivity index (χ1v) is 12.1. The highest BCUT2D eigenvalue weighted by Crippen LogP contribution is 2.51. The predicted octanol–water partition coefficient (Wildman–Crippen LogP) is 3.86. The first-order valence-electron chi connectivity index (χ1n) is 10.2. The summed E-state index contributed by atoms with van der Waals surface area (Å²) in [5.74, 6) is 2.33. The number of ether oxygens (including phenoxy) is 2. The monoisotopic (exact) mass is 429 g/mol. The van der Waals surface area contributed by atoms with Crippen LogP contribution in [0.3, 0.4) is 0 Å². The molecule has 1 aliphatic carbocycles. The summed E-state index contributed by atoms with van der Waals surface area (Å²) in [4.78, 5) is 14.1. The van der Waals surface area contributed by atoms with Crippen LogP contribution in [0.5, 0.6) is 5.75 Å². The van der Waals surface area contributed by atoms with Gasteiger partial charge in [-0.1, -0.05) is 24.3 Å². The third-order valence-electron chi connectivity index (χ3n) is 5.88. The Kier molecular flexibility index (Phi) is 5.49. The number of likely N-dealkylation sites (tertiary alicyclic amines) is 1. The van der Waals surface area contributed by atoms with Crippen LogP contribution >= 0.6 is 0 Å². The lowest BCUT2D eigenvalue weighted by molar-refractivity contribution is 0.0779. The number of nitrogens with zero attached hydrogens (tertiary/aromatic N) is 1. The predicted molar refractivity (Wildman–Crippen MR) is 114 cm³/mol. The molecule has 0 N–H and O–H groups in total. The van der Waals surface area contributed by atoms with E-state index in [0.717, 1.165) is 30.0 Å². The van der Waals surface area contributed by atoms with Crippen LogP contribution in [-0.4, -0.2) is 51.5 Å². The molecule has 1 saturated carbocycles. The minimum absolute atomic E-state index is 0.0888. The van der Waals surface area contributed by atoms with E-state index in [-0.39, 0.29) is 12.2 Å². The fourth-order valence-corrected chi connectivity index (χ4v) is 4.78. The molecule has 1 aliphatic heterocycles. The van der Waals surface area contributed by atoms with Gasteiger partial charge >= 0.3 is 6.09 Å². The molecule has 1 saturated heterocycles. The summed E-state index contributed by atoms with van der Waals surface area (Å²) >= 11 is 0. The highest BCUT2D eigenvalue weighted by atomic mass is 32.2. The van der Waals surface area contributed by atoms with Gasteiger partial charge in [-0.2, -0.15) is 0 Å². The SMILES string of the molecule is CC(C)OC(=O)N1CC2C(COc3ccc(-c4ccc(S(C)(=O)=O)cc4)cc3)C2C1. The molecule has 2 aromatic carbocycles. The van der Waals surface area contributed by atoms with E-state index in [4.69, 9.17) is 9.47 Å². The van der Waals surface area contributed by atoms with Crippen LogP contribution in [0.4, 0.5) is 4.79 Å². The Morgan fingerprint density at radius 3 is 2.03 bits per heavy atom. The molecule has 1 amide bonds. The number of rotatable bonds is 6. The van der Waals surface area contributed by atoms with E-state index < -0.39 is 9.84 Å². The van der Waals surface area contributed by atoms with Crippen molar-refractivity contribution >= 4 is 15.9 Å². The molecule has 2 fully saturated rings. The van der Waals surface area contributed by atoms with Gasteiger partial charge in [-0.25, -0.2) is 13.2 Å². The highest BCUT2D eigenvalue weighted by Gasteiger charge is 2.57. The zero-order valence-corrected chi connectivity index (χ0v) is 18.3.